The van der Waals surface area contributed by atoms with E-state index in [1.807, 2.05) is 13.8 Å². The van der Waals surface area contributed by atoms with Crippen LogP contribution in [0.4, 0.5) is 4.79 Å². The first kappa shape index (κ1) is 22.7. The quantitative estimate of drug-likeness (QED) is 0.606. The molecule has 0 spiro atoms. The largest absolute Gasteiger partial charge is 0.511 e. The summed E-state index contributed by atoms with van der Waals surface area (Å²) in [6, 6.07) is -1.17. The number of carboxylic acid groups (broad SMARTS) is 1. The molecule has 0 aromatic rings. The number of amides is 1. The number of rotatable bonds is 6. The summed E-state index contributed by atoms with van der Waals surface area (Å²) in [7, 11) is 0. The van der Waals surface area contributed by atoms with Gasteiger partial charge in [0.2, 0.25) is 0 Å². The number of alkyl carbamates (subject to hydrolysis) is 1. The number of carbonyl (C=O) groups is 3. The molecule has 0 saturated heterocycles. The van der Waals surface area contributed by atoms with E-state index in [1.165, 1.54) is 0 Å². The molecule has 0 heterocycles. The minimum atomic E-state index is -1.20. The van der Waals surface area contributed by atoms with Crippen LogP contribution in [0, 0.1) is 5.41 Å². The van der Waals surface area contributed by atoms with Gasteiger partial charge in [-0.05, 0) is 39.5 Å². The molecule has 1 atom stereocenters. The van der Waals surface area contributed by atoms with Gasteiger partial charge in [-0.15, -0.1) is 0 Å². The summed E-state index contributed by atoms with van der Waals surface area (Å²) in [6.45, 7) is 10.5. The lowest BCUT2D eigenvalue weighted by Gasteiger charge is -2.29. The zero-order chi connectivity index (χ0) is 21.0. The van der Waals surface area contributed by atoms with Crippen LogP contribution in [0.15, 0.2) is 16.3 Å². The van der Waals surface area contributed by atoms with E-state index >= 15 is 0 Å². The average molecular weight is 382 g/mol. The van der Waals surface area contributed by atoms with Crippen LogP contribution < -0.4 is 5.32 Å². The maximum absolute atomic E-state index is 12.3. The van der Waals surface area contributed by atoms with Gasteiger partial charge >= 0.3 is 12.1 Å². The molecular weight excluding hydrogens is 352 g/mol. The van der Waals surface area contributed by atoms with Crippen molar-refractivity contribution in [2.45, 2.75) is 72.4 Å². The van der Waals surface area contributed by atoms with E-state index in [4.69, 9.17) is 4.74 Å². The molecule has 0 aromatic heterocycles. The van der Waals surface area contributed by atoms with E-state index in [1.54, 1.807) is 27.7 Å². The molecule has 0 fully saturated rings. The molecule has 1 rings (SSSR count). The number of allylic oxidation sites excluding steroid dienone is 2. The van der Waals surface area contributed by atoms with Crippen molar-refractivity contribution in [3.63, 3.8) is 0 Å². The molecule has 152 valence electrons. The van der Waals surface area contributed by atoms with Gasteiger partial charge in [0.15, 0.2) is 5.78 Å². The second-order valence-corrected chi connectivity index (χ2v) is 8.56. The number of carbonyl (C=O) groups excluding carboxylic acids is 2. The van der Waals surface area contributed by atoms with Crippen molar-refractivity contribution in [1.82, 2.24) is 5.32 Å². The fourth-order valence-corrected chi connectivity index (χ4v) is 2.85. The number of ketones is 1. The highest BCUT2D eigenvalue weighted by Crippen LogP contribution is 2.36. The first-order chi connectivity index (χ1) is 12.2. The van der Waals surface area contributed by atoms with Crippen LogP contribution in [0.25, 0.3) is 0 Å². The Kier molecular flexibility index (Phi) is 7.17. The molecule has 3 N–H and O–H groups in total. The lowest BCUT2D eigenvalue weighted by Crippen LogP contribution is -2.43. The Morgan fingerprint density at radius 1 is 1.30 bits per heavy atom. The predicted octanol–water partition coefficient (Wildman–Crippen LogP) is 3.02. The van der Waals surface area contributed by atoms with E-state index in [-0.39, 0.29) is 35.5 Å². The van der Waals surface area contributed by atoms with Crippen molar-refractivity contribution >= 4 is 23.6 Å². The Morgan fingerprint density at radius 2 is 1.89 bits per heavy atom. The lowest BCUT2D eigenvalue weighted by molar-refractivity contribution is -0.139. The van der Waals surface area contributed by atoms with Crippen LogP contribution in [0.1, 0.15) is 60.8 Å². The molecule has 0 saturated carbocycles. The van der Waals surface area contributed by atoms with Crippen molar-refractivity contribution in [3.8, 4) is 0 Å². The molecule has 0 unspecified atom stereocenters. The second kappa shape index (κ2) is 8.54. The van der Waals surface area contributed by atoms with Gasteiger partial charge < -0.3 is 20.3 Å². The van der Waals surface area contributed by atoms with Crippen molar-refractivity contribution in [2.24, 2.45) is 10.4 Å². The SMILES string of the molecule is CC(=NCC[C@H](NC(=O)OC(C)(C)C)C(=O)O)C1=C(O)CC(C)(C)CC1=O. The number of aliphatic carboxylic acids is 1. The van der Waals surface area contributed by atoms with Crippen LogP contribution in [-0.4, -0.2) is 52.0 Å². The number of nitrogens with zero attached hydrogens (tertiary/aromatic N) is 1. The zero-order valence-corrected chi connectivity index (χ0v) is 16.9. The number of Topliss-reactive ketones (excluding diaryl/α,β-unsaturated/α-hetero) is 1. The maximum Gasteiger partial charge on any atom is 0.408 e. The molecule has 27 heavy (non-hydrogen) atoms. The smallest absolute Gasteiger partial charge is 0.408 e. The molecule has 0 aromatic carbocycles. The molecule has 0 bridgehead atoms. The van der Waals surface area contributed by atoms with Crippen LogP contribution in [-0.2, 0) is 14.3 Å². The normalized spacial score (nSPS) is 18.9. The third kappa shape index (κ3) is 7.40. The Bertz CT molecular complexity index is 670. The van der Waals surface area contributed by atoms with Gasteiger partial charge in [0.25, 0.3) is 0 Å². The Balaban J connectivity index is 2.75. The topological polar surface area (TPSA) is 125 Å². The third-order valence-electron chi connectivity index (χ3n) is 3.97. The summed E-state index contributed by atoms with van der Waals surface area (Å²) in [5.74, 6) is -1.36. The lowest BCUT2D eigenvalue weighted by atomic mass is 9.76. The number of ether oxygens (including phenoxy) is 1. The monoisotopic (exact) mass is 382 g/mol. The number of aliphatic hydroxyl groups is 1. The molecule has 1 amide bonds. The predicted molar refractivity (Wildman–Crippen MR) is 101 cm³/mol. The van der Waals surface area contributed by atoms with Crippen LogP contribution in [0.3, 0.4) is 0 Å². The van der Waals surface area contributed by atoms with E-state index in [2.05, 4.69) is 10.3 Å². The summed E-state index contributed by atoms with van der Waals surface area (Å²) in [6.07, 6.45) is -0.0870. The molecule has 1 aliphatic carbocycles. The van der Waals surface area contributed by atoms with E-state index in [0.29, 0.717) is 18.6 Å². The van der Waals surface area contributed by atoms with Crippen molar-refractivity contribution < 1.29 is 29.3 Å². The minimum absolute atomic E-state index is 0.0131. The summed E-state index contributed by atoms with van der Waals surface area (Å²) >= 11 is 0. The molecular formula is C19H30N2O6. The number of aliphatic hydroxyl groups excluding tert-OH is 1. The number of aliphatic imine (C=N–C) groups is 1. The second-order valence-electron chi connectivity index (χ2n) is 8.56. The molecule has 0 radical (unpaired) electrons. The van der Waals surface area contributed by atoms with Gasteiger partial charge in [-0.1, -0.05) is 13.8 Å². The van der Waals surface area contributed by atoms with Gasteiger partial charge in [-0.25, -0.2) is 9.59 Å². The Hall–Kier alpha value is -2.38. The van der Waals surface area contributed by atoms with Gasteiger partial charge in [0.1, 0.15) is 17.4 Å². The van der Waals surface area contributed by atoms with Crippen molar-refractivity contribution in [1.29, 1.82) is 0 Å². The minimum Gasteiger partial charge on any atom is -0.511 e. The number of carboxylic acids is 1. The highest BCUT2D eigenvalue weighted by atomic mass is 16.6. The zero-order valence-electron chi connectivity index (χ0n) is 16.9. The average Bonchev–Trinajstić information content (AvgIpc) is 2.41. The Labute approximate surface area is 159 Å². The Morgan fingerprint density at radius 3 is 2.37 bits per heavy atom. The molecule has 0 aliphatic heterocycles. The summed E-state index contributed by atoms with van der Waals surface area (Å²) in [5, 5.41) is 21.7. The summed E-state index contributed by atoms with van der Waals surface area (Å²) in [4.78, 5) is 39.6. The molecule has 8 heteroatoms. The van der Waals surface area contributed by atoms with Gasteiger partial charge in [0, 0.05) is 25.1 Å². The third-order valence-corrected chi connectivity index (χ3v) is 3.97. The highest BCUT2D eigenvalue weighted by Gasteiger charge is 2.34. The van der Waals surface area contributed by atoms with Crippen molar-refractivity contribution in [3.05, 3.63) is 11.3 Å². The van der Waals surface area contributed by atoms with Gasteiger partial charge in [0.05, 0.1) is 5.57 Å². The van der Waals surface area contributed by atoms with Crippen LogP contribution >= 0.6 is 0 Å². The first-order valence-electron chi connectivity index (χ1n) is 8.91. The van der Waals surface area contributed by atoms with Gasteiger partial charge in [-0.3, -0.25) is 9.79 Å². The maximum atomic E-state index is 12.3. The van der Waals surface area contributed by atoms with E-state index in [0.717, 1.165) is 0 Å². The van der Waals surface area contributed by atoms with Crippen LogP contribution in [0.5, 0.6) is 0 Å². The molecule has 8 nitrogen and oxygen atoms in total. The summed E-state index contributed by atoms with van der Waals surface area (Å²) < 4.78 is 5.05. The number of nitrogens with one attached hydrogen (secondary N) is 1. The van der Waals surface area contributed by atoms with Crippen molar-refractivity contribution in [2.75, 3.05) is 6.54 Å². The van der Waals surface area contributed by atoms with Crippen LogP contribution in [0.2, 0.25) is 0 Å². The van der Waals surface area contributed by atoms with E-state index in [9.17, 15) is 24.6 Å². The molecule has 1 aliphatic rings. The highest BCUT2D eigenvalue weighted by molar-refractivity contribution is 6.22. The first-order valence-corrected chi connectivity index (χ1v) is 8.91. The standard InChI is InChI=1S/C19H30N2O6/c1-11(15-13(22)9-19(5,6)10-14(15)23)20-8-7-12(16(24)25)21-17(26)27-18(2,3)4/h12,22H,7-10H2,1-6H3,(H,21,26)(H,24,25)/t12-/m0/s1. The summed E-state index contributed by atoms with van der Waals surface area (Å²) in [5.41, 5.74) is -0.451. The number of hydrogen-bond acceptors (Lipinski definition) is 6. The van der Waals surface area contributed by atoms with Gasteiger partial charge in [-0.2, -0.15) is 0 Å². The fourth-order valence-electron chi connectivity index (χ4n) is 2.85. The van der Waals surface area contributed by atoms with E-state index < -0.39 is 23.7 Å². The fraction of sp³-hybridized carbons (Fsp3) is 0.684. The number of hydrogen-bond donors (Lipinski definition) is 3.